The van der Waals surface area contributed by atoms with Gasteiger partial charge in [0.15, 0.2) is 0 Å². The lowest BCUT2D eigenvalue weighted by molar-refractivity contribution is -1.06. The highest BCUT2D eigenvalue weighted by molar-refractivity contribution is 5.86. The summed E-state index contributed by atoms with van der Waals surface area (Å²) in [5, 5.41) is 0. The summed E-state index contributed by atoms with van der Waals surface area (Å²) in [6.45, 7) is 8.46. The zero-order valence-corrected chi connectivity index (χ0v) is 10.4. The van der Waals surface area contributed by atoms with Crippen LogP contribution in [-0.4, -0.2) is 43.8 Å². The third kappa shape index (κ3) is 6.19. The highest BCUT2D eigenvalue weighted by Crippen LogP contribution is 2.02. The van der Waals surface area contributed by atoms with Crippen molar-refractivity contribution in [2.75, 3.05) is 27.2 Å². The first-order valence-electron chi connectivity index (χ1n) is 5.16. The Morgan fingerprint density at radius 2 is 2.00 bits per heavy atom. The largest absolute Gasteiger partial charge is 0.465 e. The first kappa shape index (κ1) is 14.6. The van der Waals surface area contributed by atoms with Crippen LogP contribution in [0.3, 0.4) is 0 Å². The van der Waals surface area contributed by atoms with E-state index in [-0.39, 0.29) is 16.6 Å². The summed E-state index contributed by atoms with van der Waals surface area (Å²) < 4.78 is 4.53. The highest BCUT2D eigenvalue weighted by Gasteiger charge is 2.19. The van der Waals surface area contributed by atoms with Gasteiger partial charge < -0.3 is 4.74 Å². The minimum atomic E-state index is -0.336. The average Bonchev–Trinajstić information content (AvgIpc) is 2.15. The number of carbonyl (C=O) groups is 2. The smallest absolute Gasteiger partial charge is 0.392 e. The SMILES string of the molecule is C=C(C)C(=O)O[N+](C)(C)CC.O=C1CCO1. The fourth-order valence-electron chi connectivity index (χ4n) is 0.552. The second-order valence-corrected chi connectivity index (χ2v) is 4.02. The average molecular weight is 230 g/mol. The number of esters is 1. The molecule has 0 aromatic rings. The second-order valence-electron chi connectivity index (χ2n) is 4.02. The molecular weight excluding hydrogens is 210 g/mol. The summed E-state index contributed by atoms with van der Waals surface area (Å²) in [6, 6.07) is 0. The zero-order chi connectivity index (χ0) is 12.8. The van der Waals surface area contributed by atoms with E-state index >= 15 is 0 Å². The van der Waals surface area contributed by atoms with Gasteiger partial charge in [0, 0.05) is 5.57 Å². The topological polar surface area (TPSA) is 52.6 Å². The van der Waals surface area contributed by atoms with Gasteiger partial charge in [-0.3, -0.25) is 9.63 Å². The van der Waals surface area contributed by atoms with Crippen LogP contribution in [0.25, 0.3) is 0 Å². The molecule has 0 atom stereocenters. The van der Waals surface area contributed by atoms with E-state index in [0.717, 1.165) is 6.54 Å². The van der Waals surface area contributed by atoms with Gasteiger partial charge >= 0.3 is 11.9 Å². The van der Waals surface area contributed by atoms with E-state index in [1.165, 1.54) is 0 Å². The molecule has 0 spiro atoms. The van der Waals surface area contributed by atoms with Crippen LogP contribution >= 0.6 is 0 Å². The van der Waals surface area contributed by atoms with Crippen LogP contribution in [0.4, 0.5) is 0 Å². The van der Waals surface area contributed by atoms with E-state index < -0.39 is 0 Å². The third-order valence-electron chi connectivity index (χ3n) is 2.01. The molecule has 1 saturated heterocycles. The molecule has 92 valence electrons. The predicted octanol–water partition coefficient (Wildman–Crippen LogP) is 1.05. The normalized spacial score (nSPS) is 13.9. The van der Waals surface area contributed by atoms with E-state index in [9.17, 15) is 9.59 Å². The molecule has 0 radical (unpaired) electrons. The van der Waals surface area contributed by atoms with Gasteiger partial charge in [0.1, 0.15) is 27.2 Å². The molecular formula is C11H20NO4+. The number of hydroxylamine groups is 3. The highest BCUT2D eigenvalue weighted by atomic mass is 16.7. The van der Waals surface area contributed by atoms with Gasteiger partial charge in [0.25, 0.3) is 0 Å². The maximum atomic E-state index is 11.0. The minimum Gasteiger partial charge on any atom is -0.465 e. The van der Waals surface area contributed by atoms with Crippen molar-refractivity contribution in [2.45, 2.75) is 20.3 Å². The monoisotopic (exact) mass is 230 g/mol. The summed E-state index contributed by atoms with van der Waals surface area (Å²) in [7, 11) is 3.64. The van der Waals surface area contributed by atoms with Crippen molar-refractivity contribution in [1.82, 2.24) is 0 Å². The summed E-state index contributed by atoms with van der Waals surface area (Å²) in [4.78, 5) is 25.7. The quantitative estimate of drug-likeness (QED) is 0.315. The van der Waals surface area contributed by atoms with Gasteiger partial charge in [-0.1, -0.05) is 6.58 Å². The Bertz CT molecular complexity index is 278. The molecule has 1 aliphatic rings. The van der Waals surface area contributed by atoms with Crippen LogP contribution < -0.4 is 0 Å². The van der Waals surface area contributed by atoms with E-state index in [0.29, 0.717) is 18.6 Å². The molecule has 0 aromatic heterocycles. The van der Waals surface area contributed by atoms with Crippen molar-refractivity contribution in [3.05, 3.63) is 12.2 Å². The third-order valence-corrected chi connectivity index (χ3v) is 2.01. The van der Waals surface area contributed by atoms with Crippen molar-refractivity contribution >= 4 is 11.9 Å². The minimum absolute atomic E-state index is 0.0648. The molecule has 1 fully saturated rings. The van der Waals surface area contributed by atoms with Crippen LogP contribution in [0.15, 0.2) is 12.2 Å². The van der Waals surface area contributed by atoms with Crippen molar-refractivity contribution < 1.29 is 23.8 Å². The van der Waals surface area contributed by atoms with Gasteiger partial charge in [-0.15, -0.1) is 4.65 Å². The van der Waals surface area contributed by atoms with Gasteiger partial charge in [-0.2, -0.15) is 0 Å². The number of ether oxygens (including phenoxy) is 1. The van der Waals surface area contributed by atoms with E-state index in [1.807, 2.05) is 21.0 Å². The van der Waals surface area contributed by atoms with E-state index in [2.05, 4.69) is 11.3 Å². The molecule has 1 rings (SSSR count). The molecule has 1 heterocycles. The molecule has 5 nitrogen and oxygen atoms in total. The van der Waals surface area contributed by atoms with Crippen LogP contribution in [-0.2, 0) is 19.2 Å². The fraction of sp³-hybridized carbons (Fsp3) is 0.636. The Labute approximate surface area is 96.2 Å². The number of carbonyl (C=O) groups excluding carboxylic acids is 2. The molecule has 0 amide bonds. The van der Waals surface area contributed by atoms with Crippen molar-refractivity contribution in [3.8, 4) is 0 Å². The number of cyclic esters (lactones) is 1. The van der Waals surface area contributed by atoms with Gasteiger partial charge in [-0.05, 0) is 13.8 Å². The first-order valence-corrected chi connectivity index (χ1v) is 5.16. The van der Waals surface area contributed by atoms with Crippen LogP contribution in [0.2, 0.25) is 0 Å². The Balaban J connectivity index is 0.000000368. The molecule has 1 aliphatic heterocycles. The van der Waals surface area contributed by atoms with Crippen LogP contribution in [0.5, 0.6) is 0 Å². The predicted molar refractivity (Wildman–Crippen MR) is 59.1 cm³/mol. The molecule has 0 saturated carbocycles. The Morgan fingerprint density at radius 3 is 2.19 bits per heavy atom. The molecule has 0 N–H and O–H groups in total. The van der Waals surface area contributed by atoms with Crippen LogP contribution in [0, 0.1) is 0 Å². The van der Waals surface area contributed by atoms with Crippen LogP contribution in [0.1, 0.15) is 20.3 Å². The van der Waals surface area contributed by atoms with Gasteiger partial charge in [0.05, 0.1) is 6.42 Å². The zero-order valence-electron chi connectivity index (χ0n) is 10.4. The molecule has 16 heavy (non-hydrogen) atoms. The molecule has 5 heteroatoms. The lowest BCUT2D eigenvalue weighted by atomic mass is 10.4. The summed E-state index contributed by atoms with van der Waals surface area (Å²) in [6.07, 6.45) is 0.625. The van der Waals surface area contributed by atoms with Gasteiger partial charge in [0.2, 0.25) is 0 Å². The summed E-state index contributed by atoms with van der Waals surface area (Å²) in [5.41, 5.74) is 0.435. The second kappa shape index (κ2) is 6.27. The molecule has 0 unspecified atom stereocenters. The van der Waals surface area contributed by atoms with Crippen molar-refractivity contribution in [1.29, 1.82) is 0 Å². The summed E-state index contributed by atoms with van der Waals surface area (Å²) >= 11 is 0. The lowest BCUT2D eigenvalue weighted by Crippen LogP contribution is -2.41. The Morgan fingerprint density at radius 1 is 1.56 bits per heavy atom. The van der Waals surface area contributed by atoms with Gasteiger partial charge in [-0.25, -0.2) is 4.79 Å². The maximum Gasteiger partial charge on any atom is 0.392 e. The number of hydrogen-bond acceptors (Lipinski definition) is 4. The summed E-state index contributed by atoms with van der Waals surface area (Å²) in [5.74, 6) is -0.401. The number of rotatable bonds is 3. The first-order chi connectivity index (χ1) is 7.28. The maximum absolute atomic E-state index is 11.0. The molecule has 0 aliphatic carbocycles. The fourth-order valence-corrected chi connectivity index (χ4v) is 0.552. The van der Waals surface area contributed by atoms with Crippen molar-refractivity contribution in [3.63, 3.8) is 0 Å². The number of hydrogen-bond donors (Lipinski definition) is 0. The molecule has 0 aromatic carbocycles. The Kier molecular flexibility index (Phi) is 5.74. The number of nitrogens with zero attached hydrogens (tertiary/aromatic N) is 1. The Hall–Kier alpha value is -1.36. The van der Waals surface area contributed by atoms with E-state index in [1.54, 1.807) is 6.92 Å². The molecule has 0 bridgehead atoms. The van der Waals surface area contributed by atoms with E-state index in [4.69, 9.17) is 4.84 Å². The lowest BCUT2D eigenvalue weighted by Gasteiger charge is -2.23. The van der Waals surface area contributed by atoms with Crippen molar-refractivity contribution in [2.24, 2.45) is 0 Å². The number of quaternary nitrogens is 1. The standard InChI is InChI=1S/C8H16NO2.C3H4O2/c1-6-9(4,5)11-8(10)7(2)3;4-3-1-2-5-3/h2,6H2,1,3-5H3;1-2H2/q+1;.